The van der Waals surface area contributed by atoms with Crippen molar-refractivity contribution in [1.82, 2.24) is 4.90 Å². The molecular formula is C19H17NO4. The van der Waals surface area contributed by atoms with Crippen molar-refractivity contribution in [2.45, 2.75) is 26.0 Å². The van der Waals surface area contributed by atoms with Crippen molar-refractivity contribution in [1.29, 1.82) is 0 Å². The molecule has 0 aliphatic carbocycles. The summed E-state index contributed by atoms with van der Waals surface area (Å²) in [6.07, 6.45) is 0. The SMILES string of the molecule is CC(C)(O)C(=O)c1cccc(CN2C(=O)c3ccccc3C2=O)c1. The van der Waals surface area contributed by atoms with Crippen LogP contribution in [-0.2, 0) is 6.54 Å². The third-order valence-electron chi connectivity index (χ3n) is 3.96. The van der Waals surface area contributed by atoms with Crippen LogP contribution in [0.25, 0.3) is 0 Å². The van der Waals surface area contributed by atoms with Crippen LogP contribution in [0.15, 0.2) is 48.5 Å². The van der Waals surface area contributed by atoms with Crippen LogP contribution >= 0.6 is 0 Å². The van der Waals surface area contributed by atoms with Gasteiger partial charge in [-0.1, -0.05) is 30.3 Å². The molecule has 1 aliphatic rings. The van der Waals surface area contributed by atoms with E-state index in [-0.39, 0.29) is 18.4 Å². The quantitative estimate of drug-likeness (QED) is 0.693. The van der Waals surface area contributed by atoms with E-state index in [4.69, 9.17) is 0 Å². The molecule has 2 amide bonds. The van der Waals surface area contributed by atoms with Crippen molar-refractivity contribution in [3.8, 4) is 0 Å². The fourth-order valence-electron chi connectivity index (χ4n) is 2.73. The summed E-state index contributed by atoms with van der Waals surface area (Å²) < 4.78 is 0. The van der Waals surface area contributed by atoms with Crippen LogP contribution in [0.5, 0.6) is 0 Å². The number of imide groups is 1. The van der Waals surface area contributed by atoms with Gasteiger partial charge < -0.3 is 5.11 Å². The smallest absolute Gasteiger partial charge is 0.261 e. The Hall–Kier alpha value is -2.79. The first-order valence-corrected chi connectivity index (χ1v) is 7.60. The second kappa shape index (κ2) is 5.69. The minimum absolute atomic E-state index is 0.0827. The summed E-state index contributed by atoms with van der Waals surface area (Å²) in [6.45, 7) is 2.93. The number of fused-ring (bicyclic) bond motifs is 1. The summed E-state index contributed by atoms with van der Waals surface area (Å²) in [5.74, 6) is -1.09. The largest absolute Gasteiger partial charge is 0.382 e. The predicted octanol–water partition coefficient (Wildman–Crippen LogP) is 2.44. The van der Waals surface area contributed by atoms with Crippen LogP contribution in [0.2, 0.25) is 0 Å². The first-order chi connectivity index (χ1) is 11.3. The fraction of sp³-hybridized carbons (Fsp3) is 0.211. The molecule has 1 N–H and O–H groups in total. The molecule has 0 spiro atoms. The maximum Gasteiger partial charge on any atom is 0.261 e. The van der Waals surface area contributed by atoms with Crippen molar-refractivity contribution in [3.63, 3.8) is 0 Å². The van der Waals surface area contributed by atoms with E-state index in [1.807, 2.05) is 0 Å². The number of nitrogens with zero attached hydrogens (tertiary/aromatic N) is 1. The highest BCUT2D eigenvalue weighted by Crippen LogP contribution is 2.24. The normalized spacial score (nSPS) is 14.0. The Bertz CT molecular complexity index is 813. The van der Waals surface area contributed by atoms with E-state index in [1.165, 1.54) is 18.7 Å². The van der Waals surface area contributed by atoms with Gasteiger partial charge in [-0.2, -0.15) is 0 Å². The van der Waals surface area contributed by atoms with E-state index in [9.17, 15) is 19.5 Å². The standard InChI is InChI=1S/C19H17NO4/c1-19(2,24)16(21)13-7-5-6-12(10-13)11-20-17(22)14-8-3-4-9-15(14)18(20)23/h3-10,24H,11H2,1-2H3. The summed E-state index contributed by atoms with van der Waals surface area (Å²) in [4.78, 5) is 38.1. The topological polar surface area (TPSA) is 74.7 Å². The number of hydrogen-bond donors (Lipinski definition) is 1. The van der Waals surface area contributed by atoms with Crippen molar-refractivity contribution in [2.75, 3.05) is 0 Å². The lowest BCUT2D eigenvalue weighted by atomic mass is 9.95. The summed E-state index contributed by atoms with van der Waals surface area (Å²) >= 11 is 0. The molecule has 1 aliphatic heterocycles. The van der Waals surface area contributed by atoms with Gasteiger partial charge in [0, 0.05) is 5.56 Å². The van der Waals surface area contributed by atoms with Gasteiger partial charge in [-0.25, -0.2) is 0 Å². The number of ketones is 1. The van der Waals surface area contributed by atoms with Gasteiger partial charge in [-0.15, -0.1) is 0 Å². The average molecular weight is 323 g/mol. The number of carbonyl (C=O) groups is 3. The van der Waals surface area contributed by atoms with Crippen LogP contribution in [-0.4, -0.2) is 33.2 Å². The molecule has 1 heterocycles. The Morgan fingerprint density at radius 1 is 1.00 bits per heavy atom. The molecular weight excluding hydrogens is 306 g/mol. The minimum Gasteiger partial charge on any atom is -0.382 e. The molecule has 0 saturated heterocycles. The number of rotatable bonds is 4. The Kier molecular flexibility index (Phi) is 3.81. The summed E-state index contributed by atoms with van der Waals surface area (Å²) in [5.41, 5.74) is 0.308. The Morgan fingerprint density at radius 3 is 2.12 bits per heavy atom. The van der Waals surface area contributed by atoms with E-state index in [2.05, 4.69) is 0 Å². The molecule has 2 aromatic rings. The van der Waals surface area contributed by atoms with Crippen LogP contribution < -0.4 is 0 Å². The second-order valence-corrected chi connectivity index (χ2v) is 6.33. The molecule has 24 heavy (non-hydrogen) atoms. The van der Waals surface area contributed by atoms with Crippen molar-refractivity contribution < 1.29 is 19.5 Å². The van der Waals surface area contributed by atoms with Crippen molar-refractivity contribution >= 4 is 17.6 Å². The highest BCUT2D eigenvalue weighted by atomic mass is 16.3. The minimum atomic E-state index is -1.48. The van der Waals surface area contributed by atoms with Gasteiger partial charge in [-0.3, -0.25) is 19.3 Å². The number of carbonyl (C=O) groups excluding carboxylic acids is 3. The van der Waals surface area contributed by atoms with Crippen LogP contribution in [0, 0.1) is 0 Å². The van der Waals surface area contributed by atoms with Gasteiger partial charge in [-0.05, 0) is 37.6 Å². The number of hydrogen-bond acceptors (Lipinski definition) is 4. The fourth-order valence-corrected chi connectivity index (χ4v) is 2.73. The zero-order valence-corrected chi connectivity index (χ0v) is 13.4. The zero-order chi connectivity index (χ0) is 17.5. The molecule has 5 nitrogen and oxygen atoms in total. The van der Waals surface area contributed by atoms with E-state index < -0.39 is 11.4 Å². The van der Waals surface area contributed by atoms with Gasteiger partial charge in [0.05, 0.1) is 17.7 Å². The van der Waals surface area contributed by atoms with Gasteiger partial charge in [0.25, 0.3) is 11.8 Å². The van der Waals surface area contributed by atoms with E-state index in [0.29, 0.717) is 22.3 Å². The van der Waals surface area contributed by atoms with Crippen LogP contribution in [0.1, 0.15) is 50.5 Å². The number of benzene rings is 2. The maximum absolute atomic E-state index is 12.4. The molecule has 0 fully saturated rings. The Labute approximate surface area is 139 Å². The lowest BCUT2D eigenvalue weighted by Crippen LogP contribution is -2.31. The molecule has 0 atom stereocenters. The zero-order valence-electron chi connectivity index (χ0n) is 13.4. The van der Waals surface area contributed by atoms with Crippen LogP contribution in [0.4, 0.5) is 0 Å². The predicted molar refractivity (Wildman–Crippen MR) is 87.7 cm³/mol. The van der Waals surface area contributed by atoms with Gasteiger partial charge >= 0.3 is 0 Å². The Morgan fingerprint density at radius 2 is 1.58 bits per heavy atom. The number of aliphatic hydroxyl groups is 1. The maximum atomic E-state index is 12.4. The van der Waals surface area contributed by atoms with Crippen LogP contribution in [0.3, 0.4) is 0 Å². The molecule has 0 unspecified atom stereocenters. The first-order valence-electron chi connectivity index (χ1n) is 7.60. The van der Waals surface area contributed by atoms with Crippen molar-refractivity contribution in [3.05, 3.63) is 70.8 Å². The number of amides is 2. The van der Waals surface area contributed by atoms with E-state index in [0.717, 1.165) is 0 Å². The Balaban J connectivity index is 1.87. The van der Waals surface area contributed by atoms with Gasteiger partial charge in [0.1, 0.15) is 5.60 Å². The van der Waals surface area contributed by atoms with Gasteiger partial charge in [0.2, 0.25) is 0 Å². The summed E-state index contributed by atoms with van der Waals surface area (Å²) in [5, 5.41) is 9.85. The molecule has 3 rings (SSSR count). The monoisotopic (exact) mass is 323 g/mol. The highest BCUT2D eigenvalue weighted by molar-refractivity contribution is 6.21. The molecule has 5 heteroatoms. The van der Waals surface area contributed by atoms with E-state index in [1.54, 1.807) is 48.5 Å². The average Bonchev–Trinajstić information content (AvgIpc) is 2.79. The molecule has 0 bridgehead atoms. The third kappa shape index (κ3) is 2.74. The highest BCUT2D eigenvalue weighted by Gasteiger charge is 2.35. The van der Waals surface area contributed by atoms with E-state index >= 15 is 0 Å². The molecule has 2 aromatic carbocycles. The molecule has 122 valence electrons. The third-order valence-corrected chi connectivity index (χ3v) is 3.96. The lowest BCUT2D eigenvalue weighted by molar-refractivity contribution is 0.0488. The molecule has 0 radical (unpaired) electrons. The van der Waals surface area contributed by atoms with Gasteiger partial charge in [0.15, 0.2) is 5.78 Å². The first kappa shape index (κ1) is 16.1. The second-order valence-electron chi connectivity index (χ2n) is 6.33. The number of Topliss-reactive ketones (excluding diaryl/α,β-unsaturated/α-hetero) is 1. The summed E-state index contributed by atoms with van der Waals surface area (Å²) in [6, 6.07) is 13.3. The molecule has 0 aromatic heterocycles. The summed E-state index contributed by atoms with van der Waals surface area (Å²) in [7, 11) is 0. The lowest BCUT2D eigenvalue weighted by Gasteiger charge is -2.17. The van der Waals surface area contributed by atoms with Crippen molar-refractivity contribution in [2.24, 2.45) is 0 Å². The molecule has 0 saturated carbocycles.